The van der Waals surface area contributed by atoms with Gasteiger partial charge in [0, 0.05) is 25.1 Å². The molecule has 1 aromatic rings. The van der Waals surface area contributed by atoms with E-state index >= 15 is 0 Å². The Morgan fingerprint density at radius 1 is 1.35 bits per heavy atom. The molecule has 3 nitrogen and oxygen atoms in total. The summed E-state index contributed by atoms with van der Waals surface area (Å²) in [6.07, 6.45) is 9.56. The Kier molecular flexibility index (Phi) is 3.35. The number of thiocarbonyl (C=S) groups is 1. The minimum absolute atomic E-state index is 0.636. The van der Waals surface area contributed by atoms with Crippen LogP contribution in [0.1, 0.15) is 0 Å². The van der Waals surface area contributed by atoms with E-state index in [0.717, 1.165) is 11.2 Å². The molecule has 2 heterocycles. The highest BCUT2D eigenvalue weighted by Crippen LogP contribution is 2.11. The van der Waals surface area contributed by atoms with E-state index in [1.165, 1.54) is 0 Å². The zero-order valence-corrected chi connectivity index (χ0v) is 10.4. The van der Waals surface area contributed by atoms with Gasteiger partial charge in [0.1, 0.15) is 5.49 Å². The van der Waals surface area contributed by atoms with Crippen molar-refractivity contribution in [1.82, 2.24) is 9.47 Å². The average Bonchev–Trinajstić information content (AvgIpc) is 2.38. The monoisotopic (exact) mass is 243 g/mol. The molecule has 0 aliphatic carbocycles. The van der Waals surface area contributed by atoms with Crippen molar-refractivity contribution in [2.24, 2.45) is 4.99 Å². The molecule has 86 valence electrons. The Morgan fingerprint density at radius 3 is 2.88 bits per heavy atom. The van der Waals surface area contributed by atoms with E-state index in [4.69, 9.17) is 12.2 Å². The van der Waals surface area contributed by atoms with E-state index in [9.17, 15) is 0 Å². The molecule has 17 heavy (non-hydrogen) atoms. The van der Waals surface area contributed by atoms with Crippen molar-refractivity contribution in [2.75, 3.05) is 7.05 Å². The molecule has 0 bridgehead atoms. The van der Waals surface area contributed by atoms with E-state index in [2.05, 4.69) is 11.6 Å². The summed E-state index contributed by atoms with van der Waals surface area (Å²) in [5.74, 6) is 0. The minimum Gasteiger partial charge on any atom is -0.294 e. The van der Waals surface area contributed by atoms with Crippen LogP contribution in [0.15, 0.2) is 66.1 Å². The molecule has 0 amide bonds. The molecular weight excluding hydrogens is 230 g/mol. The van der Waals surface area contributed by atoms with Crippen LogP contribution in [0.3, 0.4) is 0 Å². The van der Waals surface area contributed by atoms with Crippen LogP contribution < -0.4 is 5.49 Å². The third kappa shape index (κ3) is 2.26. The molecule has 1 aliphatic rings. The number of hydrogen-bond donors (Lipinski definition) is 0. The molecule has 0 saturated heterocycles. The van der Waals surface area contributed by atoms with Gasteiger partial charge < -0.3 is 0 Å². The predicted octanol–water partition coefficient (Wildman–Crippen LogP) is 2.05. The second kappa shape index (κ2) is 4.93. The molecule has 0 radical (unpaired) electrons. The second-order valence-corrected chi connectivity index (χ2v) is 3.86. The van der Waals surface area contributed by atoms with Gasteiger partial charge in [0.05, 0.1) is 0 Å². The highest BCUT2D eigenvalue weighted by atomic mass is 32.1. The van der Waals surface area contributed by atoms with Crippen LogP contribution in [0.4, 0.5) is 0 Å². The third-order valence-electron chi connectivity index (χ3n) is 2.42. The maximum absolute atomic E-state index is 5.45. The molecule has 1 aliphatic heterocycles. The zero-order chi connectivity index (χ0) is 12.3. The van der Waals surface area contributed by atoms with Gasteiger partial charge in [-0.3, -0.25) is 14.5 Å². The van der Waals surface area contributed by atoms with E-state index in [1.54, 1.807) is 7.05 Å². The first-order valence-corrected chi connectivity index (χ1v) is 5.62. The lowest BCUT2D eigenvalue weighted by Crippen LogP contribution is -2.36. The smallest absolute Gasteiger partial charge is 0.190 e. The topological polar surface area (TPSA) is 20.5 Å². The molecule has 0 aromatic carbocycles. The van der Waals surface area contributed by atoms with E-state index in [0.29, 0.717) is 5.11 Å². The van der Waals surface area contributed by atoms with Crippen LogP contribution in [0.2, 0.25) is 0 Å². The molecule has 2 rings (SSSR count). The van der Waals surface area contributed by atoms with Crippen LogP contribution in [0.5, 0.6) is 0 Å². The second-order valence-electron chi connectivity index (χ2n) is 3.50. The summed E-state index contributed by atoms with van der Waals surface area (Å²) in [6, 6.07) is 5.77. The fourth-order valence-electron chi connectivity index (χ4n) is 1.56. The molecule has 1 aromatic heterocycles. The summed E-state index contributed by atoms with van der Waals surface area (Å²) < 4.78 is 1.85. The standard InChI is InChI=1S/C13H13N3S/c1-11-7-3-5-9-15(11)13(17)16-10-6-4-8-12(16)14-2/h3-10H,1H2,2H3. The first kappa shape index (κ1) is 11.5. The highest BCUT2D eigenvalue weighted by molar-refractivity contribution is 7.80. The van der Waals surface area contributed by atoms with Crippen LogP contribution in [0.25, 0.3) is 0 Å². The fraction of sp³-hybridized carbons (Fsp3) is 0.0769. The van der Waals surface area contributed by atoms with E-state index in [-0.39, 0.29) is 0 Å². The summed E-state index contributed by atoms with van der Waals surface area (Å²) in [5.41, 5.74) is 1.66. The lowest BCUT2D eigenvalue weighted by atomic mass is 10.3. The molecule has 0 fully saturated rings. The van der Waals surface area contributed by atoms with Gasteiger partial charge in [0.15, 0.2) is 5.11 Å². The number of pyridine rings is 1. The van der Waals surface area contributed by atoms with Crippen LogP contribution in [-0.4, -0.2) is 21.6 Å². The fourth-order valence-corrected chi connectivity index (χ4v) is 1.89. The summed E-state index contributed by atoms with van der Waals surface area (Å²) in [6.45, 7) is 3.95. The molecular formula is C13H13N3S. The Balaban J connectivity index is 2.42. The first-order chi connectivity index (χ1) is 8.24. The summed E-state index contributed by atoms with van der Waals surface area (Å²) in [7, 11) is 1.75. The zero-order valence-electron chi connectivity index (χ0n) is 9.58. The van der Waals surface area contributed by atoms with Gasteiger partial charge in [0.25, 0.3) is 0 Å². The van der Waals surface area contributed by atoms with Crippen molar-refractivity contribution in [3.05, 3.63) is 66.6 Å². The van der Waals surface area contributed by atoms with Gasteiger partial charge in [0.2, 0.25) is 0 Å². The van der Waals surface area contributed by atoms with Crippen LogP contribution in [-0.2, 0) is 0 Å². The van der Waals surface area contributed by atoms with Crippen molar-refractivity contribution < 1.29 is 0 Å². The summed E-state index contributed by atoms with van der Waals surface area (Å²) in [4.78, 5) is 6.04. The molecule has 0 spiro atoms. The maximum atomic E-state index is 5.45. The average molecular weight is 243 g/mol. The third-order valence-corrected chi connectivity index (χ3v) is 2.82. The van der Waals surface area contributed by atoms with Gasteiger partial charge in [-0.1, -0.05) is 18.7 Å². The van der Waals surface area contributed by atoms with E-state index in [1.807, 2.05) is 58.3 Å². The lowest BCUT2D eigenvalue weighted by Gasteiger charge is -2.24. The molecule has 0 N–H and O–H groups in total. The summed E-state index contributed by atoms with van der Waals surface area (Å²) >= 11 is 5.45. The van der Waals surface area contributed by atoms with Crippen molar-refractivity contribution in [3.63, 3.8) is 0 Å². The maximum Gasteiger partial charge on any atom is 0.190 e. The lowest BCUT2D eigenvalue weighted by molar-refractivity contribution is 0.685. The highest BCUT2D eigenvalue weighted by Gasteiger charge is 2.11. The van der Waals surface area contributed by atoms with Gasteiger partial charge in [-0.2, -0.15) is 0 Å². The van der Waals surface area contributed by atoms with Crippen molar-refractivity contribution >= 4 is 17.3 Å². The summed E-state index contributed by atoms with van der Waals surface area (Å²) in [5, 5.41) is 0.636. The SMILES string of the molecule is C=C1C=CC=CN1C(=S)n1ccccc1=NC. The Labute approximate surface area is 106 Å². The normalized spacial score (nSPS) is 15.5. The van der Waals surface area contributed by atoms with E-state index < -0.39 is 0 Å². The molecule has 0 unspecified atom stereocenters. The molecule has 0 saturated carbocycles. The number of rotatable bonds is 0. The number of allylic oxidation sites excluding steroid dienone is 3. The molecule has 4 heteroatoms. The quantitative estimate of drug-likeness (QED) is 0.650. The van der Waals surface area contributed by atoms with Crippen LogP contribution >= 0.6 is 12.2 Å². The van der Waals surface area contributed by atoms with Gasteiger partial charge in [-0.05, 0) is 36.5 Å². The largest absolute Gasteiger partial charge is 0.294 e. The van der Waals surface area contributed by atoms with Crippen molar-refractivity contribution in [2.45, 2.75) is 0 Å². The number of aromatic nitrogens is 1. The Bertz CT molecular complexity index is 578. The predicted molar refractivity (Wildman–Crippen MR) is 73.2 cm³/mol. The molecule has 0 atom stereocenters. The Hall–Kier alpha value is -1.94. The van der Waals surface area contributed by atoms with Gasteiger partial charge >= 0.3 is 0 Å². The number of hydrogen-bond acceptors (Lipinski definition) is 2. The van der Waals surface area contributed by atoms with Crippen molar-refractivity contribution in [1.29, 1.82) is 0 Å². The first-order valence-electron chi connectivity index (χ1n) is 5.22. The van der Waals surface area contributed by atoms with Gasteiger partial charge in [-0.25, -0.2) is 0 Å². The van der Waals surface area contributed by atoms with Crippen molar-refractivity contribution in [3.8, 4) is 0 Å². The minimum atomic E-state index is 0.636. The van der Waals surface area contributed by atoms with Crippen LogP contribution in [0, 0.1) is 0 Å². The van der Waals surface area contributed by atoms with Gasteiger partial charge in [-0.15, -0.1) is 0 Å². The number of nitrogens with zero attached hydrogens (tertiary/aromatic N) is 3. The Morgan fingerprint density at radius 2 is 2.18 bits per heavy atom.